The third-order valence-electron chi connectivity index (χ3n) is 7.53. The fourth-order valence-corrected chi connectivity index (χ4v) is 5.29. The van der Waals surface area contributed by atoms with Crippen molar-refractivity contribution in [2.75, 3.05) is 17.3 Å². The molecule has 0 radical (unpaired) electrons. The van der Waals surface area contributed by atoms with E-state index in [4.69, 9.17) is 11.5 Å². The number of aromatic nitrogens is 1. The Hall–Kier alpha value is -4.69. The van der Waals surface area contributed by atoms with Crippen LogP contribution in [0.4, 0.5) is 15.8 Å². The molecule has 0 atom stereocenters. The lowest BCUT2D eigenvalue weighted by atomic mass is 9.92. The fraction of sp³-hybridized carbons (Fsp3) is 0.161. The number of carbonyl (C=O) groups is 2. The topological polar surface area (TPSA) is 117 Å². The van der Waals surface area contributed by atoms with Gasteiger partial charge in [-0.2, -0.15) is 0 Å². The first-order valence-corrected chi connectivity index (χ1v) is 12.9. The van der Waals surface area contributed by atoms with Crippen molar-refractivity contribution in [1.82, 2.24) is 4.98 Å². The number of halogens is 1. The summed E-state index contributed by atoms with van der Waals surface area (Å²) in [6.07, 6.45) is 2.38. The average molecular weight is 522 g/mol. The van der Waals surface area contributed by atoms with Gasteiger partial charge in [-0.15, -0.1) is 0 Å². The molecule has 5 aromatic rings. The zero-order valence-electron chi connectivity index (χ0n) is 21.4. The summed E-state index contributed by atoms with van der Waals surface area (Å²) in [4.78, 5) is 31.0. The standard InChI is InChI=1S/C31H28FN5O2/c1-37(19-9-10-19)20-11-12-23-27(15-20)35-29-24(30(34)38)14-13-22(28(23)29)21-3-2-4-26(25(21)16-33)36-31(39)17-5-7-18(32)8-6-17/h2-8,11-15,19,35H,9-10,16,33H2,1H3,(H2,34,38)(H,36,39). The molecule has 2 amide bonds. The van der Waals surface area contributed by atoms with E-state index in [1.54, 1.807) is 12.1 Å². The van der Waals surface area contributed by atoms with Gasteiger partial charge < -0.3 is 26.7 Å². The lowest BCUT2D eigenvalue weighted by Crippen LogP contribution is -2.18. The van der Waals surface area contributed by atoms with Crippen molar-refractivity contribution in [3.05, 3.63) is 95.3 Å². The Kier molecular flexibility index (Phi) is 6.04. The average Bonchev–Trinajstić information content (AvgIpc) is 3.72. The maximum absolute atomic E-state index is 13.3. The summed E-state index contributed by atoms with van der Waals surface area (Å²) >= 11 is 0. The molecule has 39 heavy (non-hydrogen) atoms. The van der Waals surface area contributed by atoms with Gasteiger partial charge in [0.1, 0.15) is 5.82 Å². The number of primary amides is 1. The number of carbonyl (C=O) groups excluding carboxylic acids is 2. The van der Waals surface area contributed by atoms with Crippen molar-refractivity contribution >= 4 is 45.0 Å². The highest BCUT2D eigenvalue weighted by Crippen LogP contribution is 2.41. The fourth-order valence-electron chi connectivity index (χ4n) is 5.29. The van der Waals surface area contributed by atoms with Gasteiger partial charge in [0, 0.05) is 52.9 Å². The summed E-state index contributed by atoms with van der Waals surface area (Å²) in [5.74, 6) is -1.30. The van der Waals surface area contributed by atoms with Crippen LogP contribution < -0.4 is 21.7 Å². The molecule has 4 aromatic carbocycles. The number of hydrogen-bond acceptors (Lipinski definition) is 4. The molecule has 1 aliphatic rings. The summed E-state index contributed by atoms with van der Waals surface area (Å²) in [6, 6.07) is 21.4. The van der Waals surface area contributed by atoms with Crippen LogP contribution in [0.25, 0.3) is 32.9 Å². The van der Waals surface area contributed by atoms with Crippen LogP contribution in [0.15, 0.2) is 72.8 Å². The lowest BCUT2D eigenvalue weighted by Gasteiger charge is -2.18. The number of hydrogen-bond donors (Lipinski definition) is 4. The Morgan fingerprint density at radius 2 is 1.79 bits per heavy atom. The maximum atomic E-state index is 13.3. The smallest absolute Gasteiger partial charge is 0.255 e. The number of fused-ring (bicyclic) bond motifs is 3. The van der Waals surface area contributed by atoms with E-state index in [-0.39, 0.29) is 12.5 Å². The second-order valence-electron chi connectivity index (χ2n) is 9.97. The zero-order valence-corrected chi connectivity index (χ0v) is 21.4. The minimum absolute atomic E-state index is 0.160. The molecule has 0 spiro atoms. The number of nitrogens with two attached hydrogens (primary N) is 2. The van der Waals surface area contributed by atoms with E-state index in [1.807, 2.05) is 18.2 Å². The molecule has 0 aliphatic heterocycles. The van der Waals surface area contributed by atoms with Crippen molar-refractivity contribution in [2.24, 2.45) is 11.5 Å². The molecule has 1 fully saturated rings. The molecule has 7 nitrogen and oxygen atoms in total. The lowest BCUT2D eigenvalue weighted by molar-refractivity contribution is 0.0999. The Balaban J connectivity index is 1.50. The van der Waals surface area contributed by atoms with Gasteiger partial charge in [0.25, 0.3) is 11.8 Å². The second-order valence-corrected chi connectivity index (χ2v) is 9.97. The van der Waals surface area contributed by atoms with Gasteiger partial charge in [-0.05, 0) is 78.1 Å². The van der Waals surface area contributed by atoms with Gasteiger partial charge in [-0.25, -0.2) is 4.39 Å². The number of rotatable bonds is 7. The zero-order chi connectivity index (χ0) is 27.3. The third-order valence-corrected chi connectivity index (χ3v) is 7.53. The minimum Gasteiger partial charge on any atom is -0.372 e. The van der Waals surface area contributed by atoms with Crippen LogP contribution in [0.3, 0.4) is 0 Å². The summed E-state index contributed by atoms with van der Waals surface area (Å²) in [6.45, 7) is 0.160. The number of benzene rings is 4. The number of anilines is 2. The highest BCUT2D eigenvalue weighted by molar-refractivity contribution is 6.20. The van der Waals surface area contributed by atoms with Crippen molar-refractivity contribution in [3.63, 3.8) is 0 Å². The molecule has 1 heterocycles. The van der Waals surface area contributed by atoms with Gasteiger partial charge in [0.2, 0.25) is 0 Å². The first kappa shape index (κ1) is 24.6. The van der Waals surface area contributed by atoms with Gasteiger partial charge in [0.15, 0.2) is 0 Å². The molecule has 0 unspecified atom stereocenters. The number of aromatic amines is 1. The molecule has 6 rings (SSSR count). The predicted molar refractivity (Wildman–Crippen MR) is 153 cm³/mol. The molecule has 196 valence electrons. The molecule has 6 N–H and O–H groups in total. The van der Waals surface area contributed by atoms with Crippen LogP contribution in [0, 0.1) is 5.82 Å². The van der Waals surface area contributed by atoms with E-state index in [1.165, 1.54) is 37.1 Å². The highest BCUT2D eigenvalue weighted by Gasteiger charge is 2.27. The molecule has 1 aromatic heterocycles. The van der Waals surface area contributed by atoms with Crippen molar-refractivity contribution in [1.29, 1.82) is 0 Å². The largest absolute Gasteiger partial charge is 0.372 e. The van der Waals surface area contributed by atoms with Crippen LogP contribution in [-0.4, -0.2) is 29.9 Å². The molecule has 0 bridgehead atoms. The van der Waals surface area contributed by atoms with Gasteiger partial charge in [0.05, 0.1) is 11.1 Å². The molecular formula is C31H28FN5O2. The monoisotopic (exact) mass is 521 g/mol. The normalized spacial score (nSPS) is 13.1. The number of nitrogens with zero attached hydrogens (tertiary/aromatic N) is 1. The summed E-state index contributed by atoms with van der Waals surface area (Å²) in [5, 5.41) is 4.74. The van der Waals surface area contributed by atoms with Crippen LogP contribution in [0.2, 0.25) is 0 Å². The summed E-state index contributed by atoms with van der Waals surface area (Å²) < 4.78 is 13.3. The van der Waals surface area contributed by atoms with Crippen molar-refractivity contribution < 1.29 is 14.0 Å². The van der Waals surface area contributed by atoms with Crippen LogP contribution in [0.1, 0.15) is 39.1 Å². The van der Waals surface area contributed by atoms with Crippen molar-refractivity contribution in [2.45, 2.75) is 25.4 Å². The van der Waals surface area contributed by atoms with Crippen LogP contribution in [-0.2, 0) is 6.54 Å². The molecule has 1 aliphatic carbocycles. The van der Waals surface area contributed by atoms with E-state index in [0.717, 1.165) is 38.7 Å². The first-order valence-electron chi connectivity index (χ1n) is 12.9. The van der Waals surface area contributed by atoms with E-state index in [9.17, 15) is 14.0 Å². The second kappa shape index (κ2) is 9.56. The summed E-state index contributed by atoms with van der Waals surface area (Å²) in [7, 11) is 2.10. The quantitative estimate of drug-likeness (QED) is 0.225. The summed E-state index contributed by atoms with van der Waals surface area (Å²) in [5.41, 5.74) is 18.4. The Bertz CT molecular complexity index is 1760. The highest BCUT2D eigenvalue weighted by atomic mass is 19.1. The van der Waals surface area contributed by atoms with E-state index < -0.39 is 11.7 Å². The van der Waals surface area contributed by atoms with Crippen LogP contribution in [0.5, 0.6) is 0 Å². The van der Waals surface area contributed by atoms with Gasteiger partial charge >= 0.3 is 0 Å². The Labute approximate surface area is 224 Å². The van der Waals surface area contributed by atoms with E-state index in [2.05, 4.69) is 40.4 Å². The molecule has 1 saturated carbocycles. The Morgan fingerprint density at radius 1 is 1.03 bits per heavy atom. The van der Waals surface area contributed by atoms with Gasteiger partial charge in [-0.1, -0.05) is 24.3 Å². The van der Waals surface area contributed by atoms with Gasteiger partial charge in [-0.3, -0.25) is 9.59 Å². The van der Waals surface area contributed by atoms with Crippen molar-refractivity contribution in [3.8, 4) is 11.1 Å². The van der Waals surface area contributed by atoms with E-state index in [0.29, 0.717) is 28.4 Å². The van der Waals surface area contributed by atoms with E-state index >= 15 is 0 Å². The molecule has 0 saturated heterocycles. The SMILES string of the molecule is CN(c1ccc2c(c1)[nH]c1c(C(N)=O)ccc(-c3cccc(NC(=O)c4ccc(F)cc4)c3CN)c12)C1CC1. The minimum atomic E-state index is -0.521. The third kappa shape index (κ3) is 4.38. The number of amides is 2. The number of nitrogens with one attached hydrogen (secondary N) is 2. The number of H-pyrrole nitrogens is 1. The molecular weight excluding hydrogens is 493 g/mol. The molecule has 8 heteroatoms. The Morgan fingerprint density at radius 3 is 2.49 bits per heavy atom. The predicted octanol–water partition coefficient (Wildman–Crippen LogP) is 5.54. The maximum Gasteiger partial charge on any atom is 0.255 e. The van der Waals surface area contributed by atoms with Crippen LogP contribution >= 0.6 is 0 Å². The first-order chi connectivity index (χ1) is 18.9.